The van der Waals surface area contributed by atoms with Crippen LogP contribution in [-0.2, 0) is 22.7 Å². The summed E-state index contributed by atoms with van der Waals surface area (Å²) >= 11 is 0. The predicted octanol–water partition coefficient (Wildman–Crippen LogP) is 6.73. The Kier molecular flexibility index (Phi) is 8.88. The molecule has 0 aliphatic carbocycles. The van der Waals surface area contributed by atoms with Crippen molar-refractivity contribution < 1.29 is 26.1 Å². The molecule has 3 aromatic rings. The van der Waals surface area contributed by atoms with Crippen LogP contribution in [0.2, 0.25) is 0 Å². The molecule has 1 radical (unpaired) electrons. The first kappa shape index (κ1) is 25.9. The third-order valence-electron chi connectivity index (χ3n) is 5.49. The Morgan fingerprint density at radius 1 is 0.912 bits per heavy atom. The number of nitrogens with zero attached hydrogens (tertiary/aromatic N) is 2. The normalized spacial score (nSPS) is 12.2. The number of aryl methyl sites for hydroxylation is 1. The van der Waals surface area contributed by atoms with Gasteiger partial charge in [0.15, 0.2) is 5.82 Å². The van der Waals surface area contributed by atoms with E-state index in [2.05, 4.69) is 17.1 Å². The van der Waals surface area contributed by atoms with Crippen molar-refractivity contribution in [3.05, 3.63) is 71.9 Å². The van der Waals surface area contributed by atoms with E-state index >= 15 is 0 Å². The molecule has 1 aromatic heterocycles. The Balaban J connectivity index is 1.50. The summed E-state index contributed by atoms with van der Waals surface area (Å²) in [6, 6.07) is 12.2. The van der Waals surface area contributed by atoms with Crippen LogP contribution in [0, 0.1) is 6.42 Å². The molecule has 5 nitrogen and oxygen atoms in total. The monoisotopic (exact) mass is 493 g/mol. The van der Waals surface area contributed by atoms with Gasteiger partial charge in [0.25, 0.3) is 15.7 Å². The Hall–Kier alpha value is -2.68. The molecule has 0 spiro atoms. The van der Waals surface area contributed by atoms with Crippen LogP contribution < -0.4 is 0 Å². The van der Waals surface area contributed by atoms with Gasteiger partial charge in [0, 0.05) is 12.0 Å². The summed E-state index contributed by atoms with van der Waals surface area (Å²) in [5, 5.41) is 4.06. The summed E-state index contributed by atoms with van der Waals surface area (Å²) < 4.78 is 66.2. The van der Waals surface area contributed by atoms with Crippen molar-refractivity contribution in [3.63, 3.8) is 0 Å². The molecule has 0 fully saturated rings. The highest BCUT2D eigenvalue weighted by atomic mass is 32.2. The quantitative estimate of drug-likeness (QED) is 0.262. The van der Waals surface area contributed by atoms with Crippen LogP contribution in [0.1, 0.15) is 62.4 Å². The number of hydrogen-bond donors (Lipinski definition) is 0. The molecule has 2 aromatic carbocycles. The summed E-state index contributed by atoms with van der Waals surface area (Å²) in [7, 11) is -5.33. The average molecular weight is 494 g/mol. The van der Waals surface area contributed by atoms with E-state index in [0.717, 1.165) is 42.5 Å². The molecular weight excluding hydrogens is 465 g/mol. The first-order chi connectivity index (χ1) is 16.2. The number of rotatable bonds is 12. The molecule has 0 aliphatic rings. The van der Waals surface area contributed by atoms with Crippen molar-refractivity contribution in [2.24, 2.45) is 0 Å². The molecule has 0 atom stereocenters. The largest absolute Gasteiger partial charge is 0.501 e. The maximum Gasteiger partial charge on any atom is 0.501 e. The minimum Gasteiger partial charge on any atom is -0.334 e. The van der Waals surface area contributed by atoms with E-state index in [4.69, 9.17) is 4.52 Å². The Morgan fingerprint density at radius 3 is 2.21 bits per heavy atom. The predicted molar refractivity (Wildman–Crippen MR) is 124 cm³/mol. The summed E-state index contributed by atoms with van der Waals surface area (Å²) in [5.41, 5.74) is -2.90. The summed E-state index contributed by atoms with van der Waals surface area (Å²) in [6.45, 7) is 2.20. The average Bonchev–Trinajstić information content (AvgIpc) is 3.29. The van der Waals surface area contributed by atoms with E-state index in [-0.39, 0.29) is 0 Å². The number of benzene rings is 2. The summed E-state index contributed by atoms with van der Waals surface area (Å²) in [6.07, 6.45) is 10.3. The van der Waals surface area contributed by atoms with E-state index in [0.29, 0.717) is 23.7 Å². The van der Waals surface area contributed by atoms with Gasteiger partial charge in [-0.25, -0.2) is 8.42 Å². The van der Waals surface area contributed by atoms with Crippen LogP contribution in [0.15, 0.2) is 57.9 Å². The minimum absolute atomic E-state index is 0.470. The molecule has 0 bridgehead atoms. The number of unbranched alkanes of at least 4 members (excludes halogenated alkanes) is 5. The lowest BCUT2D eigenvalue weighted by Gasteiger charge is -2.08. The van der Waals surface area contributed by atoms with Crippen LogP contribution in [0.25, 0.3) is 11.5 Å². The molecule has 0 saturated carbocycles. The van der Waals surface area contributed by atoms with E-state index in [9.17, 15) is 21.6 Å². The maximum atomic E-state index is 12.6. The van der Waals surface area contributed by atoms with Crippen LogP contribution >= 0.6 is 0 Å². The Morgan fingerprint density at radius 2 is 1.56 bits per heavy atom. The molecule has 9 heteroatoms. The van der Waals surface area contributed by atoms with Crippen LogP contribution in [0.3, 0.4) is 0 Å². The standard InChI is InChI=1S/C25H28F3N2O3S/c1-2-3-4-5-6-7-8-23-29-24(33-30-23)21-15-11-19(12-16-21)9-10-20-13-17-22(18-14-20)34(31,32)25(26,27)28/h10-18H,2-9H2,1H3. The highest BCUT2D eigenvalue weighted by molar-refractivity contribution is 7.92. The van der Waals surface area contributed by atoms with Crippen LogP contribution in [0.5, 0.6) is 0 Å². The highest BCUT2D eigenvalue weighted by Gasteiger charge is 2.46. The summed E-state index contributed by atoms with van der Waals surface area (Å²) in [4.78, 5) is 3.70. The van der Waals surface area contributed by atoms with Gasteiger partial charge in [0.1, 0.15) is 0 Å². The van der Waals surface area contributed by atoms with Crippen molar-refractivity contribution in [2.45, 2.75) is 68.7 Å². The third kappa shape index (κ3) is 6.91. The Labute approximate surface area is 198 Å². The molecule has 34 heavy (non-hydrogen) atoms. The lowest BCUT2D eigenvalue weighted by Crippen LogP contribution is -2.23. The second-order valence-corrected chi connectivity index (χ2v) is 10.1. The van der Waals surface area contributed by atoms with E-state index in [1.54, 1.807) is 0 Å². The highest BCUT2D eigenvalue weighted by Crippen LogP contribution is 2.30. The number of sulfone groups is 1. The number of aromatic nitrogens is 2. The molecule has 0 unspecified atom stereocenters. The van der Waals surface area contributed by atoms with Crippen LogP contribution in [-0.4, -0.2) is 24.1 Å². The lowest BCUT2D eigenvalue weighted by atomic mass is 10.0. The van der Waals surface area contributed by atoms with Gasteiger partial charge in [0.2, 0.25) is 0 Å². The van der Waals surface area contributed by atoms with E-state index in [1.807, 2.05) is 30.7 Å². The van der Waals surface area contributed by atoms with Gasteiger partial charge in [-0.05, 0) is 54.7 Å². The lowest BCUT2D eigenvalue weighted by molar-refractivity contribution is -0.0436. The molecule has 0 saturated heterocycles. The molecule has 3 rings (SSSR count). The zero-order valence-electron chi connectivity index (χ0n) is 19.0. The first-order valence-corrected chi connectivity index (χ1v) is 12.9. The molecule has 0 aliphatic heterocycles. The van der Waals surface area contributed by atoms with Crippen molar-refractivity contribution in [1.29, 1.82) is 0 Å². The van der Waals surface area contributed by atoms with Crippen molar-refractivity contribution >= 4 is 9.84 Å². The van der Waals surface area contributed by atoms with Gasteiger partial charge < -0.3 is 4.52 Å². The van der Waals surface area contributed by atoms with Gasteiger partial charge >= 0.3 is 5.51 Å². The maximum absolute atomic E-state index is 12.6. The fraction of sp³-hybridized carbons (Fsp3) is 0.400. The topological polar surface area (TPSA) is 73.1 Å². The van der Waals surface area contributed by atoms with Gasteiger partial charge in [-0.3, -0.25) is 0 Å². The summed E-state index contributed by atoms with van der Waals surface area (Å²) in [5.74, 6) is 1.18. The fourth-order valence-electron chi connectivity index (χ4n) is 3.47. The number of halogens is 3. The molecule has 0 N–H and O–H groups in total. The molecule has 1 heterocycles. The van der Waals surface area contributed by atoms with Gasteiger partial charge in [0.05, 0.1) is 4.90 Å². The molecule has 183 valence electrons. The fourth-order valence-corrected chi connectivity index (χ4v) is 4.23. The van der Waals surface area contributed by atoms with Gasteiger partial charge in [-0.15, -0.1) is 0 Å². The number of alkyl halides is 3. The van der Waals surface area contributed by atoms with Crippen LogP contribution in [0.4, 0.5) is 13.2 Å². The van der Waals surface area contributed by atoms with Gasteiger partial charge in [-0.1, -0.05) is 68.4 Å². The van der Waals surface area contributed by atoms with E-state index < -0.39 is 20.2 Å². The first-order valence-electron chi connectivity index (χ1n) is 11.4. The minimum atomic E-state index is -5.33. The third-order valence-corrected chi connectivity index (χ3v) is 6.99. The van der Waals surface area contributed by atoms with E-state index in [1.165, 1.54) is 37.8 Å². The van der Waals surface area contributed by atoms with Crippen molar-refractivity contribution in [2.75, 3.05) is 0 Å². The zero-order valence-corrected chi connectivity index (χ0v) is 19.8. The Bertz CT molecular complexity index is 1140. The molecule has 0 amide bonds. The zero-order chi connectivity index (χ0) is 24.6. The van der Waals surface area contributed by atoms with Gasteiger partial charge in [-0.2, -0.15) is 18.2 Å². The SMILES string of the molecule is CCCCCCCCc1noc(-c2ccc(C[CH]c3ccc(S(=O)(=O)C(F)(F)F)cc3)cc2)n1. The van der Waals surface area contributed by atoms with Crippen molar-refractivity contribution in [3.8, 4) is 11.5 Å². The second kappa shape index (κ2) is 11.6. The smallest absolute Gasteiger partial charge is 0.334 e. The molecular formula is C25H28F3N2O3S. The number of hydrogen-bond acceptors (Lipinski definition) is 5. The second-order valence-electron chi connectivity index (χ2n) is 8.16. The van der Waals surface area contributed by atoms with Crippen molar-refractivity contribution in [1.82, 2.24) is 10.1 Å².